The fraction of sp³-hybridized carbons (Fsp3) is 0.240. The van der Waals surface area contributed by atoms with Crippen LogP contribution in [-0.4, -0.2) is 21.2 Å². The molecule has 0 unspecified atom stereocenters. The molecule has 1 N–H and O–H groups in total. The SMILES string of the molecule is Cc1cccc(NC(=O)CSc2nc3sc4c(c3c(=O)n2-c2ccccc2)CCCC4)c1. The number of amides is 1. The molecule has 0 bridgehead atoms. The molecule has 0 radical (unpaired) electrons. The number of thiophene rings is 1. The minimum Gasteiger partial charge on any atom is -0.325 e. The van der Waals surface area contributed by atoms with Crippen LogP contribution in [0.15, 0.2) is 64.5 Å². The number of hydrogen-bond donors (Lipinski definition) is 1. The van der Waals surface area contributed by atoms with Crippen LogP contribution in [0.2, 0.25) is 0 Å². The molecule has 2 heterocycles. The molecule has 7 heteroatoms. The minimum atomic E-state index is -0.125. The normalized spacial score (nSPS) is 13.2. The zero-order valence-electron chi connectivity index (χ0n) is 17.8. The molecule has 1 amide bonds. The first kappa shape index (κ1) is 21.0. The molecular formula is C25H23N3O2S2. The first-order valence-corrected chi connectivity index (χ1v) is 12.5. The number of aryl methyl sites for hydroxylation is 3. The number of anilines is 1. The summed E-state index contributed by atoms with van der Waals surface area (Å²) in [5.74, 6) is 0.0455. The van der Waals surface area contributed by atoms with Gasteiger partial charge in [-0.25, -0.2) is 4.98 Å². The van der Waals surface area contributed by atoms with Crippen LogP contribution in [0.3, 0.4) is 0 Å². The van der Waals surface area contributed by atoms with E-state index in [-0.39, 0.29) is 17.2 Å². The molecule has 0 aliphatic heterocycles. The van der Waals surface area contributed by atoms with Crippen molar-refractivity contribution in [3.63, 3.8) is 0 Å². The summed E-state index contributed by atoms with van der Waals surface area (Å²) in [6.07, 6.45) is 4.22. The van der Waals surface area contributed by atoms with Crippen LogP contribution in [0.5, 0.6) is 0 Å². The van der Waals surface area contributed by atoms with Crippen LogP contribution in [0.1, 0.15) is 28.8 Å². The fourth-order valence-electron chi connectivity index (χ4n) is 4.14. The third-order valence-corrected chi connectivity index (χ3v) is 7.73. The molecule has 0 saturated heterocycles. The Morgan fingerprint density at radius 2 is 1.94 bits per heavy atom. The molecule has 162 valence electrons. The molecule has 2 aromatic heterocycles. The molecule has 1 aliphatic carbocycles. The Bertz CT molecular complexity index is 1360. The predicted octanol–water partition coefficient (Wildman–Crippen LogP) is 5.37. The lowest BCUT2D eigenvalue weighted by atomic mass is 9.97. The Morgan fingerprint density at radius 1 is 1.12 bits per heavy atom. The Morgan fingerprint density at radius 3 is 2.75 bits per heavy atom. The van der Waals surface area contributed by atoms with E-state index in [1.807, 2.05) is 61.5 Å². The largest absolute Gasteiger partial charge is 0.325 e. The zero-order valence-corrected chi connectivity index (χ0v) is 19.4. The lowest BCUT2D eigenvalue weighted by Gasteiger charge is -2.13. The van der Waals surface area contributed by atoms with Gasteiger partial charge < -0.3 is 5.32 Å². The van der Waals surface area contributed by atoms with Crippen molar-refractivity contribution in [2.45, 2.75) is 37.8 Å². The van der Waals surface area contributed by atoms with Gasteiger partial charge in [-0.15, -0.1) is 11.3 Å². The summed E-state index contributed by atoms with van der Waals surface area (Å²) in [5.41, 5.74) is 3.76. The van der Waals surface area contributed by atoms with Gasteiger partial charge in [0, 0.05) is 10.6 Å². The predicted molar refractivity (Wildman–Crippen MR) is 132 cm³/mol. The number of carbonyl (C=O) groups excluding carboxylic acids is 1. The fourth-order valence-corrected chi connectivity index (χ4v) is 6.25. The van der Waals surface area contributed by atoms with E-state index in [0.29, 0.717) is 5.16 Å². The summed E-state index contributed by atoms with van der Waals surface area (Å²) >= 11 is 2.93. The quantitative estimate of drug-likeness (QED) is 0.321. The van der Waals surface area contributed by atoms with Gasteiger partial charge in [-0.2, -0.15) is 0 Å². The lowest BCUT2D eigenvalue weighted by molar-refractivity contribution is -0.113. The van der Waals surface area contributed by atoms with E-state index in [1.54, 1.807) is 15.9 Å². The van der Waals surface area contributed by atoms with Crippen molar-refractivity contribution in [3.8, 4) is 5.69 Å². The average Bonchev–Trinajstić information content (AvgIpc) is 3.17. The van der Waals surface area contributed by atoms with E-state index in [9.17, 15) is 9.59 Å². The number of carbonyl (C=O) groups is 1. The van der Waals surface area contributed by atoms with Crippen LogP contribution in [-0.2, 0) is 17.6 Å². The molecule has 0 atom stereocenters. The molecule has 0 fully saturated rings. The Hall–Kier alpha value is -2.90. The topological polar surface area (TPSA) is 64.0 Å². The van der Waals surface area contributed by atoms with Gasteiger partial charge in [-0.05, 0) is 68.0 Å². The van der Waals surface area contributed by atoms with Gasteiger partial charge in [0.25, 0.3) is 5.56 Å². The smallest absolute Gasteiger partial charge is 0.267 e. The van der Waals surface area contributed by atoms with Crippen LogP contribution < -0.4 is 10.9 Å². The van der Waals surface area contributed by atoms with E-state index in [1.165, 1.54) is 22.2 Å². The van der Waals surface area contributed by atoms with Gasteiger partial charge in [0.2, 0.25) is 5.91 Å². The first-order valence-electron chi connectivity index (χ1n) is 10.7. The van der Waals surface area contributed by atoms with Crippen LogP contribution in [0.25, 0.3) is 15.9 Å². The lowest BCUT2D eigenvalue weighted by Crippen LogP contribution is -2.23. The summed E-state index contributed by atoms with van der Waals surface area (Å²) in [7, 11) is 0. The molecule has 5 nitrogen and oxygen atoms in total. The number of para-hydroxylation sites is 1. The van der Waals surface area contributed by atoms with Crippen molar-refractivity contribution in [1.29, 1.82) is 0 Å². The Kier molecular flexibility index (Phi) is 5.85. The zero-order chi connectivity index (χ0) is 22.1. The number of fused-ring (bicyclic) bond motifs is 3. The monoisotopic (exact) mass is 461 g/mol. The number of rotatable bonds is 5. The summed E-state index contributed by atoms with van der Waals surface area (Å²) in [6, 6.07) is 17.3. The van der Waals surface area contributed by atoms with Crippen LogP contribution >= 0.6 is 23.1 Å². The van der Waals surface area contributed by atoms with Gasteiger partial charge in [0.1, 0.15) is 4.83 Å². The molecule has 0 spiro atoms. The summed E-state index contributed by atoms with van der Waals surface area (Å²) in [6.45, 7) is 1.99. The van der Waals surface area contributed by atoms with Gasteiger partial charge in [-0.3, -0.25) is 14.2 Å². The van der Waals surface area contributed by atoms with Crippen molar-refractivity contribution in [2.75, 3.05) is 11.1 Å². The highest BCUT2D eigenvalue weighted by atomic mass is 32.2. The number of thioether (sulfide) groups is 1. The molecule has 4 aromatic rings. The van der Waals surface area contributed by atoms with Crippen LogP contribution in [0.4, 0.5) is 5.69 Å². The second-order valence-electron chi connectivity index (χ2n) is 7.97. The number of aromatic nitrogens is 2. The van der Waals surface area contributed by atoms with E-state index in [2.05, 4.69) is 5.32 Å². The van der Waals surface area contributed by atoms with Crippen LogP contribution in [0, 0.1) is 6.92 Å². The highest BCUT2D eigenvalue weighted by Crippen LogP contribution is 2.35. The standard InChI is InChI=1S/C25H23N3O2S2/c1-16-8-7-9-17(14-16)26-21(29)15-31-25-27-23-22(19-12-5-6-13-20(19)32-23)24(30)28(25)18-10-3-2-4-11-18/h2-4,7-11,14H,5-6,12-13,15H2,1H3,(H,26,29). The van der Waals surface area contributed by atoms with Crippen molar-refractivity contribution < 1.29 is 4.79 Å². The Labute approximate surface area is 194 Å². The molecular weight excluding hydrogens is 438 g/mol. The number of nitrogens with zero attached hydrogens (tertiary/aromatic N) is 2. The van der Waals surface area contributed by atoms with E-state index in [4.69, 9.17) is 4.98 Å². The van der Waals surface area contributed by atoms with Gasteiger partial charge in [0.05, 0.1) is 16.8 Å². The van der Waals surface area contributed by atoms with Crippen molar-refractivity contribution in [3.05, 3.63) is 81.0 Å². The maximum Gasteiger partial charge on any atom is 0.267 e. The van der Waals surface area contributed by atoms with Crippen molar-refractivity contribution in [2.24, 2.45) is 0 Å². The summed E-state index contributed by atoms with van der Waals surface area (Å²) < 4.78 is 1.66. The molecule has 5 rings (SSSR count). The van der Waals surface area contributed by atoms with E-state index >= 15 is 0 Å². The number of benzene rings is 2. The number of hydrogen-bond acceptors (Lipinski definition) is 5. The molecule has 0 saturated carbocycles. The third kappa shape index (κ3) is 4.10. The van der Waals surface area contributed by atoms with Gasteiger partial charge >= 0.3 is 0 Å². The second-order valence-corrected chi connectivity index (χ2v) is 9.99. The number of nitrogens with one attached hydrogen (secondary N) is 1. The summed E-state index contributed by atoms with van der Waals surface area (Å²) in [4.78, 5) is 33.2. The average molecular weight is 462 g/mol. The first-order chi connectivity index (χ1) is 15.6. The van der Waals surface area contributed by atoms with E-state index in [0.717, 1.165) is 52.8 Å². The van der Waals surface area contributed by atoms with Crippen molar-refractivity contribution >= 4 is 44.9 Å². The maximum atomic E-state index is 13.7. The minimum absolute atomic E-state index is 0.0396. The highest BCUT2D eigenvalue weighted by Gasteiger charge is 2.23. The van der Waals surface area contributed by atoms with E-state index < -0.39 is 0 Å². The Balaban J connectivity index is 1.51. The van der Waals surface area contributed by atoms with Gasteiger partial charge in [-0.1, -0.05) is 42.1 Å². The molecule has 2 aromatic carbocycles. The highest BCUT2D eigenvalue weighted by molar-refractivity contribution is 7.99. The van der Waals surface area contributed by atoms with Gasteiger partial charge in [0.15, 0.2) is 5.16 Å². The summed E-state index contributed by atoms with van der Waals surface area (Å²) in [5, 5.41) is 4.23. The maximum absolute atomic E-state index is 13.7. The molecule has 1 aliphatic rings. The van der Waals surface area contributed by atoms with Crippen molar-refractivity contribution in [1.82, 2.24) is 9.55 Å². The second kappa shape index (κ2) is 8.92. The molecule has 32 heavy (non-hydrogen) atoms. The third-order valence-electron chi connectivity index (χ3n) is 5.61.